The van der Waals surface area contributed by atoms with E-state index < -0.39 is 0 Å². The van der Waals surface area contributed by atoms with Gasteiger partial charge < -0.3 is 19.4 Å². The molecule has 6 heteroatoms. The Morgan fingerprint density at radius 2 is 2.07 bits per heavy atom. The van der Waals surface area contributed by atoms with Crippen molar-refractivity contribution in [1.82, 2.24) is 10.3 Å². The van der Waals surface area contributed by atoms with Crippen molar-refractivity contribution in [1.29, 1.82) is 0 Å². The number of nitrogens with zero attached hydrogens (tertiary/aromatic N) is 2. The number of carbonyl (C=O) groups excluding carboxylic acids is 1. The predicted octanol–water partition coefficient (Wildman–Crippen LogP) is 3.63. The van der Waals surface area contributed by atoms with Gasteiger partial charge >= 0.3 is 0 Å². The standard InChI is InChI=1S/C21H23N3O3/c1-2-26-18-11-5-3-9-16(18)20(25)22-14-15-8-7-13-24(15)21-23-17-10-4-6-12-19(17)27-21/h3-6,9-12,15H,2,7-8,13-14H2,1H3,(H,22,25). The van der Waals surface area contributed by atoms with Gasteiger partial charge in [0.25, 0.3) is 11.9 Å². The molecule has 0 spiro atoms. The first-order valence-corrected chi connectivity index (χ1v) is 9.38. The smallest absolute Gasteiger partial charge is 0.298 e. The largest absolute Gasteiger partial charge is 0.493 e. The van der Waals surface area contributed by atoms with Crippen LogP contribution in [0.3, 0.4) is 0 Å². The molecule has 140 valence electrons. The summed E-state index contributed by atoms with van der Waals surface area (Å²) in [7, 11) is 0. The van der Waals surface area contributed by atoms with Gasteiger partial charge in [0.05, 0.1) is 18.2 Å². The Balaban J connectivity index is 1.45. The van der Waals surface area contributed by atoms with E-state index in [1.807, 2.05) is 49.4 Å². The van der Waals surface area contributed by atoms with Gasteiger partial charge in [0.2, 0.25) is 0 Å². The summed E-state index contributed by atoms with van der Waals surface area (Å²) >= 11 is 0. The highest BCUT2D eigenvalue weighted by Crippen LogP contribution is 2.28. The van der Waals surface area contributed by atoms with Crippen LogP contribution in [-0.2, 0) is 0 Å². The predicted molar refractivity (Wildman–Crippen MR) is 104 cm³/mol. The number of rotatable bonds is 6. The minimum atomic E-state index is -0.122. The van der Waals surface area contributed by atoms with Crippen molar-refractivity contribution in [2.75, 3.05) is 24.6 Å². The van der Waals surface area contributed by atoms with Crippen LogP contribution in [0, 0.1) is 0 Å². The molecule has 0 bridgehead atoms. The summed E-state index contributed by atoms with van der Waals surface area (Å²) in [4.78, 5) is 19.4. The quantitative estimate of drug-likeness (QED) is 0.723. The molecule has 1 aliphatic heterocycles. The van der Waals surface area contributed by atoms with Gasteiger partial charge in [-0.3, -0.25) is 4.79 Å². The second-order valence-corrected chi connectivity index (χ2v) is 6.59. The first-order chi connectivity index (χ1) is 13.3. The zero-order valence-corrected chi connectivity index (χ0v) is 15.4. The van der Waals surface area contributed by atoms with Gasteiger partial charge in [0.1, 0.15) is 11.3 Å². The number of aromatic nitrogens is 1. The molecule has 1 saturated heterocycles. The van der Waals surface area contributed by atoms with E-state index in [1.54, 1.807) is 6.07 Å². The van der Waals surface area contributed by atoms with Gasteiger partial charge in [-0.15, -0.1) is 0 Å². The molecule has 6 nitrogen and oxygen atoms in total. The molecule has 0 aliphatic carbocycles. The number of nitrogens with one attached hydrogen (secondary N) is 1. The maximum Gasteiger partial charge on any atom is 0.298 e. The van der Waals surface area contributed by atoms with Crippen molar-refractivity contribution < 1.29 is 13.9 Å². The summed E-state index contributed by atoms with van der Waals surface area (Å²) in [6, 6.07) is 15.9. The van der Waals surface area contributed by atoms with E-state index in [1.165, 1.54) is 0 Å². The molecule has 1 amide bonds. The molecule has 1 fully saturated rings. The summed E-state index contributed by atoms with van der Waals surface area (Å²) in [6.07, 6.45) is 2.04. The fraction of sp³-hybridized carbons (Fsp3) is 0.333. The van der Waals surface area contributed by atoms with E-state index in [0.717, 1.165) is 30.5 Å². The van der Waals surface area contributed by atoms with Crippen LogP contribution in [0.15, 0.2) is 52.9 Å². The zero-order valence-electron chi connectivity index (χ0n) is 15.4. The molecule has 1 aliphatic rings. The van der Waals surface area contributed by atoms with Crippen molar-refractivity contribution >= 4 is 23.0 Å². The molecule has 2 heterocycles. The number of hydrogen-bond donors (Lipinski definition) is 1. The van der Waals surface area contributed by atoms with Gasteiger partial charge in [0.15, 0.2) is 5.58 Å². The second-order valence-electron chi connectivity index (χ2n) is 6.59. The molecule has 1 N–H and O–H groups in total. The van der Waals surface area contributed by atoms with E-state index in [4.69, 9.17) is 9.15 Å². The van der Waals surface area contributed by atoms with Crippen LogP contribution in [0.5, 0.6) is 5.75 Å². The molecular formula is C21H23N3O3. The van der Waals surface area contributed by atoms with Crippen molar-refractivity contribution in [3.8, 4) is 5.75 Å². The highest BCUT2D eigenvalue weighted by molar-refractivity contribution is 5.96. The van der Waals surface area contributed by atoms with Gasteiger partial charge in [-0.25, -0.2) is 0 Å². The van der Waals surface area contributed by atoms with Crippen LogP contribution in [0.25, 0.3) is 11.1 Å². The van der Waals surface area contributed by atoms with Crippen LogP contribution >= 0.6 is 0 Å². The fourth-order valence-electron chi connectivity index (χ4n) is 3.52. The zero-order chi connectivity index (χ0) is 18.6. The Bertz CT molecular complexity index is 904. The number of amides is 1. The molecular weight excluding hydrogens is 342 g/mol. The van der Waals surface area contributed by atoms with Crippen LogP contribution in [0.4, 0.5) is 6.01 Å². The average Bonchev–Trinajstić information content (AvgIpc) is 3.33. The Morgan fingerprint density at radius 1 is 1.26 bits per heavy atom. The number of carbonyl (C=O) groups is 1. The van der Waals surface area contributed by atoms with Gasteiger partial charge in [0, 0.05) is 13.1 Å². The molecule has 1 unspecified atom stereocenters. The van der Waals surface area contributed by atoms with Crippen molar-refractivity contribution in [3.05, 3.63) is 54.1 Å². The number of oxazole rings is 1. The summed E-state index contributed by atoms with van der Waals surface area (Å²) in [5.41, 5.74) is 2.20. The van der Waals surface area contributed by atoms with Crippen LogP contribution in [0.1, 0.15) is 30.1 Å². The maximum absolute atomic E-state index is 12.6. The third-order valence-electron chi connectivity index (χ3n) is 4.84. The molecule has 1 atom stereocenters. The normalized spacial score (nSPS) is 16.6. The lowest BCUT2D eigenvalue weighted by Crippen LogP contribution is -2.40. The molecule has 3 aromatic rings. The fourth-order valence-corrected chi connectivity index (χ4v) is 3.52. The molecule has 2 aromatic carbocycles. The first-order valence-electron chi connectivity index (χ1n) is 9.38. The lowest BCUT2D eigenvalue weighted by atomic mass is 10.1. The second kappa shape index (κ2) is 7.70. The summed E-state index contributed by atoms with van der Waals surface area (Å²) < 4.78 is 11.5. The summed E-state index contributed by atoms with van der Waals surface area (Å²) in [6.45, 7) is 3.85. The number of hydrogen-bond acceptors (Lipinski definition) is 5. The number of benzene rings is 2. The molecule has 0 radical (unpaired) electrons. The molecule has 0 saturated carbocycles. The van der Waals surface area contributed by atoms with E-state index in [9.17, 15) is 4.79 Å². The Kier molecular flexibility index (Phi) is 4.96. The van der Waals surface area contributed by atoms with Crippen molar-refractivity contribution in [2.45, 2.75) is 25.8 Å². The average molecular weight is 365 g/mol. The van der Waals surface area contributed by atoms with Crippen LogP contribution in [0.2, 0.25) is 0 Å². The lowest BCUT2D eigenvalue weighted by Gasteiger charge is -2.23. The van der Waals surface area contributed by atoms with E-state index in [-0.39, 0.29) is 11.9 Å². The third-order valence-corrected chi connectivity index (χ3v) is 4.84. The molecule has 4 rings (SSSR count). The third kappa shape index (κ3) is 3.60. The Hall–Kier alpha value is -3.02. The van der Waals surface area contributed by atoms with Gasteiger partial charge in [-0.1, -0.05) is 24.3 Å². The number of fused-ring (bicyclic) bond motifs is 1. The van der Waals surface area contributed by atoms with Crippen molar-refractivity contribution in [2.24, 2.45) is 0 Å². The maximum atomic E-state index is 12.6. The first kappa shape index (κ1) is 17.4. The van der Waals surface area contributed by atoms with Crippen molar-refractivity contribution in [3.63, 3.8) is 0 Å². The SMILES string of the molecule is CCOc1ccccc1C(=O)NCC1CCCN1c1nc2ccccc2o1. The lowest BCUT2D eigenvalue weighted by molar-refractivity contribution is 0.0947. The van der Waals surface area contributed by atoms with Crippen LogP contribution in [-0.4, -0.2) is 36.6 Å². The monoisotopic (exact) mass is 365 g/mol. The minimum Gasteiger partial charge on any atom is -0.493 e. The Labute approximate surface area is 158 Å². The summed E-state index contributed by atoms with van der Waals surface area (Å²) in [5, 5.41) is 3.04. The minimum absolute atomic E-state index is 0.122. The van der Waals surface area contributed by atoms with Gasteiger partial charge in [-0.2, -0.15) is 4.98 Å². The van der Waals surface area contributed by atoms with E-state index in [2.05, 4.69) is 15.2 Å². The topological polar surface area (TPSA) is 67.6 Å². The Morgan fingerprint density at radius 3 is 2.93 bits per heavy atom. The van der Waals surface area contributed by atoms with E-state index >= 15 is 0 Å². The number of anilines is 1. The molecule has 27 heavy (non-hydrogen) atoms. The summed E-state index contributed by atoms with van der Waals surface area (Å²) in [5.74, 6) is 0.489. The van der Waals surface area contributed by atoms with E-state index in [0.29, 0.717) is 30.5 Å². The van der Waals surface area contributed by atoms with Crippen LogP contribution < -0.4 is 15.0 Å². The highest BCUT2D eigenvalue weighted by Gasteiger charge is 2.29. The number of ether oxygens (including phenoxy) is 1. The molecule has 1 aromatic heterocycles. The highest BCUT2D eigenvalue weighted by atomic mass is 16.5. The van der Waals surface area contributed by atoms with Gasteiger partial charge in [-0.05, 0) is 44.0 Å². The number of para-hydroxylation sites is 3.